The summed E-state index contributed by atoms with van der Waals surface area (Å²) >= 11 is 3.55. The lowest BCUT2D eigenvalue weighted by atomic mass is 10.0. The van der Waals surface area contributed by atoms with Crippen molar-refractivity contribution in [1.82, 2.24) is 5.32 Å². The first-order valence-corrected chi connectivity index (χ1v) is 7.45. The average molecular weight is 294 g/mol. The molecule has 2 fully saturated rings. The van der Waals surface area contributed by atoms with Gasteiger partial charge in [0.25, 0.3) is 0 Å². The maximum absolute atomic E-state index is 3.66. The van der Waals surface area contributed by atoms with Gasteiger partial charge in [0, 0.05) is 17.6 Å². The molecule has 17 heavy (non-hydrogen) atoms. The Morgan fingerprint density at radius 3 is 2.71 bits per heavy atom. The molecule has 1 nitrogen and oxygen atoms in total. The number of hydrogen-bond acceptors (Lipinski definition) is 1. The minimum Gasteiger partial charge on any atom is -0.312 e. The summed E-state index contributed by atoms with van der Waals surface area (Å²) in [6.45, 7) is 4.40. The van der Waals surface area contributed by atoms with Crippen LogP contribution in [0.3, 0.4) is 0 Å². The van der Waals surface area contributed by atoms with Gasteiger partial charge in [-0.05, 0) is 61.1 Å². The van der Waals surface area contributed by atoms with Crippen LogP contribution in [0.25, 0.3) is 0 Å². The summed E-state index contributed by atoms with van der Waals surface area (Å²) in [5, 5.41) is 3.66. The quantitative estimate of drug-likeness (QED) is 0.864. The second-order valence-corrected chi connectivity index (χ2v) is 6.68. The third-order valence-electron chi connectivity index (χ3n) is 4.36. The van der Waals surface area contributed by atoms with E-state index in [-0.39, 0.29) is 0 Å². The fourth-order valence-corrected chi connectivity index (χ4v) is 3.10. The van der Waals surface area contributed by atoms with E-state index in [1.165, 1.54) is 47.8 Å². The lowest BCUT2D eigenvalue weighted by Gasteiger charge is -2.15. The predicted molar refractivity (Wildman–Crippen MR) is 75.0 cm³/mol. The van der Waals surface area contributed by atoms with E-state index < -0.39 is 0 Å². The molecule has 0 aromatic heterocycles. The lowest BCUT2D eigenvalue weighted by Crippen LogP contribution is -2.25. The molecule has 0 bridgehead atoms. The highest BCUT2D eigenvalue weighted by Gasteiger charge is 2.53. The zero-order chi connectivity index (χ0) is 11.9. The van der Waals surface area contributed by atoms with Gasteiger partial charge in [0.2, 0.25) is 0 Å². The van der Waals surface area contributed by atoms with Crippen molar-refractivity contribution in [2.45, 2.75) is 39.2 Å². The molecule has 3 rings (SSSR count). The Morgan fingerprint density at radius 2 is 2.12 bits per heavy atom. The molecule has 1 aromatic rings. The molecule has 0 aliphatic heterocycles. The first-order chi connectivity index (χ1) is 8.20. The number of halogens is 1. The zero-order valence-corrected chi connectivity index (χ0v) is 12.0. The molecule has 1 aromatic carbocycles. The van der Waals surface area contributed by atoms with Gasteiger partial charge in [-0.1, -0.05) is 28.1 Å². The summed E-state index contributed by atoms with van der Waals surface area (Å²) in [5.74, 6) is 1.06. The highest BCUT2D eigenvalue weighted by molar-refractivity contribution is 9.10. The van der Waals surface area contributed by atoms with Crippen LogP contribution in [0.1, 0.15) is 36.8 Å². The molecule has 0 saturated heterocycles. The first-order valence-electron chi connectivity index (χ1n) is 6.65. The van der Waals surface area contributed by atoms with Gasteiger partial charge in [0.15, 0.2) is 0 Å². The largest absolute Gasteiger partial charge is 0.312 e. The highest BCUT2D eigenvalue weighted by atomic mass is 79.9. The molecule has 0 atom stereocenters. The number of aryl methyl sites for hydroxylation is 1. The van der Waals surface area contributed by atoms with Crippen molar-refractivity contribution >= 4 is 15.9 Å². The van der Waals surface area contributed by atoms with Crippen molar-refractivity contribution in [3.05, 3.63) is 33.8 Å². The molecule has 2 aliphatic rings. The summed E-state index contributed by atoms with van der Waals surface area (Å²) in [6, 6.07) is 6.63. The standard InChI is InChI=1S/C15H20BrN/c1-11-8-12(2-5-14(11)16)9-17-10-15(6-7-15)13-3-4-13/h2,5,8,13,17H,3-4,6-7,9-10H2,1H3. The van der Waals surface area contributed by atoms with E-state index in [9.17, 15) is 0 Å². The van der Waals surface area contributed by atoms with E-state index in [0.717, 1.165) is 12.5 Å². The summed E-state index contributed by atoms with van der Waals surface area (Å²) in [6.07, 6.45) is 5.90. The van der Waals surface area contributed by atoms with Crippen LogP contribution in [0, 0.1) is 18.3 Å². The fourth-order valence-electron chi connectivity index (χ4n) is 2.86. The van der Waals surface area contributed by atoms with Crippen LogP contribution in [-0.4, -0.2) is 6.54 Å². The van der Waals surface area contributed by atoms with Crippen LogP contribution in [0.4, 0.5) is 0 Å². The Morgan fingerprint density at radius 1 is 1.35 bits per heavy atom. The van der Waals surface area contributed by atoms with Gasteiger partial charge in [0.1, 0.15) is 0 Å². The van der Waals surface area contributed by atoms with Crippen LogP contribution < -0.4 is 5.32 Å². The van der Waals surface area contributed by atoms with E-state index in [4.69, 9.17) is 0 Å². The molecule has 2 heteroatoms. The minimum atomic E-state index is 0.713. The van der Waals surface area contributed by atoms with Crippen molar-refractivity contribution in [1.29, 1.82) is 0 Å². The van der Waals surface area contributed by atoms with Gasteiger partial charge in [-0.15, -0.1) is 0 Å². The van der Waals surface area contributed by atoms with Crippen LogP contribution in [0.5, 0.6) is 0 Å². The molecule has 2 aliphatic carbocycles. The van der Waals surface area contributed by atoms with Gasteiger partial charge < -0.3 is 5.32 Å². The van der Waals surface area contributed by atoms with E-state index in [0.29, 0.717) is 5.41 Å². The van der Waals surface area contributed by atoms with Gasteiger partial charge >= 0.3 is 0 Å². The second kappa shape index (κ2) is 4.40. The Hall–Kier alpha value is -0.340. The summed E-state index contributed by atoms with van der Waals surface area (Å²) in [5.41, 5.74) is 3.44. The first kappa shape index (κ1) is 11.7. The molecular weight excluding hydrogens is 274 g/mol. The summed E-state index contributed by atoms with van der Waals surface area (Å²) in [4.78, 5) is 0. The van der Waals surface area contributed by atoms with Gasteiger partial charge in [-0.2, -0.15) is 0 Å². The number of rotatable bonds is 5. The molecule has 2 saturated carbocycles. The minimum absolute atomic E-state index is 0.713. The molecular formula is C15H20BrN. The van der Waals surface area contributed by atoms with Gasteiger partial charge in [-0.25, -0.2) is 0 Å². The smallest absolute Gasteiger partial charge is 0.0205 e. The lowest BCUT2D eigenvalue weighted by molar-refractivity contribution is 0.403. The second-order valence-electron chi connectivity index (χ2n) is 5.82. The van der Waals surface area contributed by atoms with Crippen LogP contribution >= 0.6 is 15.9 Å². The average Bonchev–Trinajstić information content (AvgIpc) is 3.14. The number of nitrogens with one attached hydrogen (secondary N) is 1. The number of hydrogen-bond donors (Lipinski definition) is 1. The molecule has 1 N–H and O–H groups in total. The van der Waals surface area contributed by atoms with E-state index in [2.05, 4.69) is 46.4 Å². The Bertz CT molecular complexity index is 419. The van der Waals surface area contributed by atoms with Crippen molar-refractivity contribution in [2.75, 3.05) is 6.54 Å². The molecule has 92 valence electrons. The van der Waals surface area contributed by atoms with Crippen LogP contribution in [0.15, 0.2) is 22.7 Å². The number of benzene rings is 1. The van der Waals surface area contributed by atoms with Crippen molar-refractivity contribution in [2.24, 2.45) is 11.3 Å². The monoisotopic (exact) mass is 293 g/mol. The van der Waals surface area contributed by atoms with Crippen LogP contribution in [0.2, 0.25) is 0 Å². The highest BCUT2D eigenvalue weighted by Crippen LogP contribution is 2.60. The normalized spacial score (nSPS) is 21.5. The van der Waals surface area contributed by atoms with Crippen molar-refractivity contribution in [3.8, 4) is 0 Å². The third-order valence-corrected chi connectivity index (χ3v) is 5.25. The molecule has 0 heterocycles. The Kier molecular flexibility index (Phi) is 3.04. The topological polar surface area (TPSA) is 12.0 Å². The van der Waals surface area contributed by atoms with Gasteiger partial charge in [-0.3, -0.25) is 0 Å². The van der Waals surface area contributed by atoms with Crippen molar-refractivity contribution in [3.63, 3.8) is 0 Å². The van der Waals surface area contributed by atoms with E-state index in [1.807, 2.05) is 0 Å². The molecule has 0 amide bonds. The van der Waals surface area contributed by atoms with E-state index >= 15 is 0 Å². The summed E-state index contributed by atoms with van der Waals surface area (Å²) in [7, 11) is 0. The zero-order valence-electron chi connectivity index (χ0n) is 10.4. The Labute approximate surface area is 112 Å². The fraction of sp³-hybridized carbons (Fsp3) is 0.600. The van der Waals surface area contributed by atoms with Crippen LogP contribution in [-0.2, 0) is 6.54 Å². The van der Waals surface area contributed by atoms with E-state index in [1.54, 1.807) is 0 Å². The molecule has 0 unspecified atom stereocenters. The molecule has 0 spiro atoms. The molecule has 0 radical (unpaired) electrons. The summed E-state index contributed by atoms with van der Waals surface area (Å²) < 4.78 is 1.21. The maximum Gasteiger partial charge on any atom is 0.0205 e. The Balaban J connectivity index is 1.52. The SMILES string of the molecule is Cc1cc(CNCC2(C3CC3)CC2)ccc1Br. The van der Waals surface area contributed by atoms with Gasteiger partial charge in [0.05, 0.1) is 0 Å². The maximum atomic E-state index is 3.66. The third kappa shape index (κ3) is 2.58. The van der Waals surface area contributed by atoms with Crippen molar-refractivity contribution < 1.29 is 0 Å². The predicted octanol–water partition coefficient (Wildman–Crippen LogP) is 4.04.